The Hall–Kier alpha value is -2.17. The fourth-order valence-corrected chi connectivity index (χ4v) is 1.29. The van der Waals surface area contributed by atoms with Gasteiger partial charge in [0, 0.05) is 18.0 Å². The zero-order valence-corrected chi connectivity index (χ0v) is 7.02. The molecule has 3 N–H and O–H groups in total. The van der Waals surface area contributed by atoms with Gasteiger partial charge >= 0.3 is 0 Å². The normalized spacial score (nSPS) is 15.0. The van der Waals surface area contributed by atoms with Crippen molar-refractivity contribution in [2.45, 2.75) is 0 Å². The predicted molar refractivity (Wildman–Crippen MR) is 48.6 cm³/mol. The minimum atomic E-state index is -0.783. The van der Waals surface area contributed by atoms with Gasteiger partial charge in [0.05, 0.1) is 5.56 Å². The Balaban J connectivity index is 2.78. The van der Waals surface area contributed by atoms with Crippen molar-refractivity contribution in [1.82, 2.24) is 4.98 Å². The number of carbonyl (C=O) groups is 2. The van der Waals surface area contributed by atoms with Crippen molar-refractivity contribution >= 4 is 23.0 Å². The van der Waals surface area contributed by atoms with Crippen molar-refractivity contribution in [3.63, 3.8) is 0 Å². The summed E-state index contributed by atoms with van der Waals surface area (Å²) in [7, 11) is 0. The Morgan fingerprint density at radius 2 is 2.07 bits per heavy atom. The van der Waals surface area contributed by atoms with E-state index in [1.165, 1.54) is 12.3 Å². The average molecular weight is 190 g/mol. The van der Waals surface area contributed by atoms with Crippen molar-refractivity contribution in [1.29, 1.82) is 0 Å². The van der Waals surface area contributed by atoms with Crippen LogP contribution >= 0.6 is 0 Å². The number of allylic oxidation sites excluding steroid dienone is 1. The van der Waals surface area contributed by atoms with Crippen LogP contribution in [0, 0.1) is 0 Å². The van der Waals surface area contributed by atoms with Crippen LogP contribution in [-0.2, 0) is 4.79 Å². The van der Waals surface area contributed by atoms with Gasteiger partial charge in [-0.2, -0.15) is 0 Å². The van der Waals surface area contributed by atoms with Crippen LogP contribution in [0.5, 0.6) is 0 Å². The molecule has 14 heavy (non-hydrogen) atoms. The summed E-state index contributed by atoms with van der Waals surface area (Å²) in [5, 5.41) is 9.34. The van der Waals surface area contributed by atoms with Gasteiger partial charge < -0.3 is 10.8 Å². The molecule has 1 aliphatic rings. The number of hydrogen-bond donors (Lipinski definition) is 2. The number of nitrogens with two attached hydrogens (primary N) is 1. The average Bonchev–Trinajstić information content (AvgIpc) is 2.14. The van der Waals surface area contributed by atoms with Crippen LogP contribution in [0.15, 0.2) is 18.3 Å². The van der Waals surface area contributed by atoms with E-state index in [1.807, 2.05) is 0 Å². The summed E-state index contributed by atoms with van der Waals surface area (Å²) in [6.07, 6.45) is 2.21. The molecule has 0 spiro atoms. The third-order valence-corrected chi connectivity index (χ3v) is 1.94. The number of hydrogen-bond acceptors (Lipinski definition) is 5. The van der Waals surface area contributed by atoms with Crippen molar-refractivity contribution in [2.24, 2.45) is 0 Å². The Labute approximate surface area is 78.9 Å². The lowest BCUT2D eigenvalue weighted by atomic mass is 9.97. The molecule has 1 aromatic rings. The molecular formula is C9H6N2O3. The van der Waals surface area contributed by atoms with E-state index in [0.29, 0.717) is 0 Å². The van der Waals surface area contributed by atoms with Gasteiger partial charge in [-0.05, 0) is 6.07 Å². The molecule has 2 rings (SSSR count). The second kappa shape index (κ2) is 2.66. The molecule has 0 fully saturated rings. The number of aliphatic hydroxyl groups is 1. The lowest BCUT2D eigenvalue weighted by Gasteiger charge is -2.11. The van der Waals surface area contributed by atoms with Gasteiger partial charge in [0.15, 0.2) is 0 Å². The third kappa shape index (κ3) is 0.990. The first-order chi connectivity index (χ1) is 6.61. The van der Waals surface area contributed by atoms with Gasteiger partial charge in [0.1, 0.15) is 11.5 Å². The first kappa shape index (κ1) is 8.43. The maximum atomic E-state index is 11.4. The van der Waals surface area contributed by atoms with Crippen molar-refractivity contribution in [2.75, 3.05) is 5.73 Å². The third-order valence-electron chi connectivity index (χ3n) is 1.94. The molecule has 70 valence electrons. The molecule has 0 aromatic carbocycles. The van der Waals surface area contributed by atoms with E-state index in [1.54, 1.807) is 0 Å². The maximum absolute atomic E-state index is 11.4. The van der Waals surface area contributed by atoms with Gasteiger partial charge in [-0.15, -0.1) is 0 Å². The van der Waals surface area contributed by atoms with E-state index >= 15 is 0 Å². The molecule has 5 nitrogen and oxygen atoms in total. The molecule has 0 bridgehead atoms. The summed E-state index contributed by atoms with van der Waals surface area (Å²) >= 11 is 0. The number of fused-ring (bicyclic) bond motifs is 1. The second-order valence-corrected chi connectivity index (χ2v) is 2.85. The van der Waals surface area contributed by atoms with Crippen LogP contribution in [0.4, 0.5) is 5.69 Å². The first-order valence-corrected chi connectivity index (χ1v) is 3.85. The van der Waals surface area contributed by atoms with Crippen molar-refractivity contribution in [3.05, 3.63) is 29.6 Å². The number of carbonyl (C=O) groups excluding carboxylic acids is 2. The molecule has 0 amide bonds. The highest BCUT2D eigenvalue weighted by Crippen LogP contribution is 2.24. The molecule has 0 saturated heterocycles. The zero-order chi connectivity index (χ0) is 10.3. The van der Waals surface area contributed by atoms with Crippen LogP contribution in [0.2, 0.25) is 0 Å². The molecule has 5 heteroatoms. The minimum Gasteiger partial charge on any atom is -0.506 e. The molecule has 1 aromatic heterocycles. The summed E-state index contributed by atoms with van der Waals surface area (Å²) in [4.78, 5) is 26.2. The Morgan fingerprint density at radius 3 is 2.79 bits per heavy atom. The van der Waals surface area contributed by atoms with E-state index in [4.69, 9.17) is 5.73 Å². The van der Waals surface area contributed by atoms with E-state index in [0.717, 1.165) is 6.08 Å². The minimum absolute atomic E-state index is 0.0162. The fourth-order valence-electron chi connectivity index (χ4n) is 1.29. The van der Waals surface area contributed by atoms with Crippen LogP contribution in [0.3, 0.4) is 0 Å². The topological polar surface area (TPSA) is 93.3 Å². The quantitative estimate of drug-likeness (QED) is 0.575. The van der Waals surface area contributed by atoms with Gasteiger partial charge in [-0.25, -0.2) is 0 Å². The summed E-state index contributed by atoms with van der Waals surface area (Å²) < 4.78 is 0. The number of nitrogens with zero attached hydrogens (tertiary/aromatic N) is 1. The molecule has 1 aliphatic carbocycles. The maximum Gasteiger partial charge on any atom is 0.237 e. The number of pyridine rings is 1. The smallest absolute Gasteiger partial charge is 0.237 e. The molecular weight excluding hydrogens is 184 g/mol. The molecule has 1 heterocycles. The molecule has 0 unspecified atom stereocenters. The van der Waals surface area contributed by atoms with E-state index in [2.05, 4.69) is 4.98 Å². The van der Waals surface area contributed by atoms with Gasteiger partial charge in [-0.3, -0.25) is 14.6 Å². The predicted octanol–water partition coefficient (Wildman–Crippen LogP) is 0.328. The van der Waals surface area contributed by atoms with Crippen LogP contribution in [-0.4, -0.2) is 21.7 Å². The van der Waals surface area contributed by atoms with E-state index in [9.17, 15) is 14.7 Å². The standard InChI is InChI=1S/C9H6N2O3/c10-4-1-2-11-8-5(12)3-6(13)9(14)7(4)8/h1-3,12H,(H2,10,11). The number of Topliss-reactive ketones (excluding diaryl/α,β-unsaturated/α-hetero) is 1. The summed E-state index contributed by atoms with van der Waals surface area (Å²) in [6, 6.07) is 1.41. The first-order valence-electron chi connectivity index (χ1n) is 3.85. The van der Waals surface area contributed by atoms with Gasteiger partial charge in [0.2, 0.25) is 11.6 Å². The molecule has 0 aliphatic heterocycles. The van der Waals surface area contributed by atoms with Gasteiger partial charge in [-0.1, -0.05) is 0 Å². The highest BCUT2D eigenvalue weighted by atomic mass is 16.3. The number of aliphatic hydroxyl groups excluding tert-OH is 1. The van der Waals surface area contributed by atoms with Crippen LogP contribution in [0.1, 0.15) is 16.1 Å². The lowest BCUT2D eigenvalue weighted by molar-refractivity contribution is -0.111. The number of rotatable bonds is 0. The van der Waals surface area contributed by atoms with Crippen LogP contribution < -0.4 is 5.73 Å². The largest absolute Gasteiger partial charge is 0.506 e. The van der Waals surface area contributed by atoms with Gasteiger partial charge in [0.25, 0.3) is 0 Å². The second-order valence-electron chi connectivity index (χ2n) is 2.85. The number of aromatic nitrogens is 1. The summed E-state index contributed by atoms with van der Waals surface area (Å²) in [6.45, 7) is 0. The number of anilines is 1. The SMILES string of the molecule is Nc1ccnc2c1C(=O)C(=O)C=C2O. The molecule has 0 radical (unpaired) electrons. The Kier molecular flexibility index (Phi) is 1.60. The Morgan fingerprint density at radius 1 is 1.36 bits per heavy atom. The van der Waals surface area contributed by atoms with E-state index in [-0.39, 0.29) is 22.7 Å². The highest BCUT2D eigenvalue weighted by molar-refractivity contribution is 6.51. The fraction of sp³-hybridized carbons (Fsp3) is 0. The summed E-state index contributed by atoms with van der Waals surface area (Å²) in [5.41, 5.74) is 5.70. The number of nitrogen functional groups attached to an aromatic ring is 1. The molecule has 0 atom stereocenters. The Bertz CT molecular complexity index is 477. The van der Waals surface area contributed by atoms with Crippen molar-refractivity contribution in [3.8, 4) is 0 Å². The lowest BCUT2D eigenvalue weighted by Crippen LogP contribution is -2.21. The highest BCUT2D eigenvalue weighted by Gasteiger charge is 2.28. The van der Waals surface area contributed by atoms with Crippen molar-refractivity contribution < 1.29 is 14.7 Å². The molecule has 0 saturated carbocycles. The number of ketones is 2. The van der Waals surface area contributed by atoms with Crippen LogP contribution in [0.25, 0.3) is 5.76 Å². The van der Waals surface area contributed by atoms with E-state index < -0.39 is 11.6 Å². The zero-order valence-electron chi connectivity index (χ0n) is 7.02. The monoisotopic (exact) mass is 190 g/mol. The summed E-state index contributed by atoms with van der Waals surface area (Å²) in [5.74, 6) is -1.84.